The molecule has 0 saturated carbocycles. The molecule has 3 heterocycles. The van der Waals surface area contributed by atoms with Gasteiger partial charge >= 0.3 is 0 Å². The Morgan fingerprint density at radius 2 is 1.89 bits per heavy atom. The highest BCUT2D eigenvalue weighted by atomic mass is 16.5. The number of hydrogen-bond acceptors (Lipinski definition) is 4. The largest absolute Gasteiger partial charge is 0.381 e. The van der Waals surface area contributed by atoms with Crippen LogP contribution in [-0.2, 0) is 4.74 Å². The Balaban J connectivity index is 1.44. The molecule has 3 saturated heterocycles. The zero-order chi connectivity index (χ0) is 13.1. The quantitative estimate of drug-likeness (QED) is 0.818. The second-order valence-corrected chi connectivity index (χ2v) is 6.89. The molecule has 4 heteroatoms. The molecule has 0 aromatic rings. The van der Waals surface area contributed by atoms with E-state index in [-0.39, 0.29) is 0 Å². The highest BCUT2D eigenvalue weighted by Crippen LogP contribution is 2.26. The topological polar surface area (TPSA) is 27.7 Å². The van der Waals surface area contributed by atoms with Gasteiger partial charge in [0.25, 0.3) is 0 Å². The van der Waals surface area contributed by atoms with Gasteiger partial charge in [0.1, 0.15) is 0 Å². The smallest absolute Gasteiger partial charge is 0.0480 e. The molecule has 3 aliphatic rings. The van der Waals surface area contributed by atoms with E-state index in [9.17, 15) is 0 Å². The van der Waals surface area contributed by atoms with Crippen LogP contribution < -0.4 is 5.32 Å². The highest BCUT2D eigenvalue weighted by Gasteiger charge is 2.32. The van der Waals surface area contributed by atoms with Crippen molar-refractivity contribution in [3.8, 4) is 0 Å². The van der Waals surface area contributed by atoms with Crippen LogP contribution in [0.1, 0.15) is 26.2 Å². The lowest BCUT2D eigenvalue weighted by atomic mass is 9.89. The molecule has 3 fully saturated rings. The molecule has 3 aliphatic heterocycles. The zero-order valence-electron chi connectivity index (χ0n) is 12.4. The first-order valence-corrected chi connectivity index (χ1v) is 8.00. The van der Waals surface area contributed by atoms with Crippen molar-refractivity contribution in [3.63, 3.8) is 0 Å². The first-order valence-electron chi connectivity index (χ1n) is 8.00. The second kappa shape index (κ2) is 6.08. The maximum Gasteiger partial charge on any atom is 0.0480 e. The summed E-state index contributed by atoms with van der Waals surface area (Å²) in [6.07, 6.45) is 3.82. The van der Waals surface area contributed by atoms with Gasteiger partial charge in [-0.15, -0.1) is 0 Å². The Labute approximate surface area is 117 Å². The molecule has 19 heavy (non-hydrogen) atoms. The molecule has 1 unspecified atom stereocenters. The van der Waals surface area contributed by atoms with Crippen LogP contribution in [0.4, 0.5) is 0 Å². The molecule has 0 radical (unpaired) electrons. The van der Waals surface area contributed by atoms with Gasteiger partial charge in [0.15, 0.2) is 0 Å². The third kappa shape index (κ3) is 3.48. The average Bonchev–Trinajstić information content (AvgIpc) is 2.87. The van der Waals surface area contributed by atoms with Crippen molar-refractivity contribution < 1.29 is 4.74 Å². The molecule has 4 nitrogen and oxygen atoms in total. The molecule has 0 aliphatic carbocycles. The molecule has 0 bridgehead atoms. The van der Waals surface area contributed by atoms with Gasteiger partial charge in [0.05, 0.1) is 0 Å². The second-order valence-electron chi connectivity index (χ2n) is 6.89. The Morgan fingerprint density at radius 1 is 1.16 bits per heavy atom. The van der Waals surface area contributed by atoms with Gasteiger partial charge in [-0.2, -0.15) is 0 Å². The molecule has 1 atom stereocenters. The predicted octanol–water partition coefficient (Wildman–Crippen LogP) is 0.783. The fourth-order valence-corrected chi connectivity index (χ4v) is 3.88. The molecule has 110 valence electrons. The van der Waals surface area contributed by atoms with Crippen molar-refractivity contribution in [2.24, 2.45) is 5.41 Å². The maximum absolute atomic E-state index is 5.47. The Hall–Kier alpha value is -0.160. The van der Waals surface area contributed by atoms with E-state index < -0.39 is 0 Å². The fourth-order valence-electron chi connectivity index (χ4n) is 3.88. The van der Waals surface area contributed by atoms with Gasteiger partial charge in [0, 0.05) is 58.5 Å². The number of nitrogens with zero attached hydrogens (tertiary/aromatic N) is 2. The summed E-state index contributed by atoms with van der Waals surface area (Å²) in [6, 6.07) is 0.791. The molecule has 0 amide bonds. The molecule has 3 rings (SSSR count). The van der Waals surface area contributed by atoms with Gasteiger partial charge in [-0.3, -0.25) is 4.90 Å². The first kappa shape index (κ1) is 13.8. The molecule has 0 aromatic heterocycles. The molecular weight excluding hydrogens is 238 g/mol. The third-order valence-corrected chi connectivity index (χ3v) is 5.18. The summed E-state index contributed by atoms with van der Waals surface area (Å²) in [4.78, 5) is 5.39. The average molecular weight is 267 g/mol. The lowest BCUT2D eigenvalue weighted by molar-refractivity contribution is 0.00842. The summed E-state index contributed by atoms with van der Waals surface area (Å²) >= 11 is 0. The Kier molecular flexibility index (Phi) is 4.42. The van der Waals surface area contributed by atoms with Gasteiger partial charge in [0.2, 0.25) is 0 Å². The number of ether oxygens (including phenoxy) is 1. The van der Waals surface area contributed by atoms with E-state index >= 15 is 0 Å². The van der Waals surface area contributed by atoms with Crippen LogP contribution in [0.2, 0.25) is 0 Å². The van der Waals surface area contributed by atoms with E-state index in [1.165, 1.54) is 65.1 Å². The van der Waals surface area contributed by atoms with Crippen LogP contribution in [0.15, 0.2) is 0 Å². The van der Waals surface area contributed by atoms with E-state index in [1.807, 2.05) is 0 Å². The monoisotopic (exact) mass is 267 g/mol. The van der Waals surface area contributed by atoms with Crippen molar-refractivity contribution >= 4 is 0 Å². The highest BCUT2D eigenvalue weighted by molar-refractivity contribution is 4.89. The van der Waals surface area contributed by atoms with E-state index in [0.717, 1.165) is 19.3 Å². The molecule has 1 N–H and O–H groups in total. The first-order chi connectivity index (χ1) is 9.25. The minimum Gasteiger partial charge on any atom is -0.381 e. The zero-order valence-corrected chi connectivity index (χ0v) is 12.4. The van der Waals surface area contributed by atoms with Crippen LogP contribution in [0.5, 0.6) is 0 Å². The van der Waals surface area contributed by atoms with Crippen LogP contribution in [-0.4, -0.2) is 74.9 Å². The van der Waals surface area contributed by atoms with Gasteiger partial charge < -0.3 is 15.0 Å². The van der Waals surface area contributed by atoms with Gasteiger partial charge in [-0.1, -0.05) is 6.92 Å². The van der Waals surface area contributed by atoms with Crippen LogP contribution in [0.25, 0.3) is 0 Å². The number of piperazine rings is 1. The number of hydrogen-bond donors (Lipinski definition) is 1. The lowest BCUT2D eigenvalue weighted by Crippen LogP contribution is -2.53. The number of rotatable bonds is 3. The number of nitrogens with one attached hydrogen (secondary N) is 1. The minimum atomic E-state index is 0.515. The summed E-state index contributed by atoms with van der Waals surface area (Å²) in [7, 11) is 0. The van der Waals surface area contributed by atoms with Gasteiger partial charge in [-0.05, 0) is 31.2 Å². The Bertz CT molecular complexity index is 277. The summed E-state index contributed by atoms with van der Waals surface area (Å²) in [5.41, 5.74) is 0.515. The molecule has 0 aromatic carbocycles. The van der Waals surface area contributed by atoms with Crippen molar-refractivity contribution in [1.29, 1.82) is 0 Å². The predicted molar refractivity (Wildman–Crippen MR) is 77.4 cm³/mol. The summed E-state index contributed by atoms with van der Waals surface area (Å²) in [5, 5.41) is 3.51. The van der Waals surface area contributed by atoms with Crippen molar-refractivity contribution in [1.82, 2.24) is 15.1 Å². The van der Waals surface area contributed by atoms with Gasteiger partial charge in [-0.25, -0.2) is 0 Å². The van der Waals surface area contributed by atoms with Crippen molar-refractivity contribution in [3.05, 3.63) is 0 Å². The summed E-state index contributed by atoms with van der Waals surface area (Å²) < 4.78 is 5.47. The van der Waals surface area contributed by atoms with E-state index in [2.05, 4.69) is 22.0 Å². The normalized spacial score (nSPS) is 35.8. The van der Waals surface area contributed by atoms with E-state index in [4.69, 9.17) is 4.74 Å². The minimum absolute atomic E-state index is 0.515. The van der Waals surface area contributed by atoms with E-state index in [1.54, 1.807) is 0 Å². The van der Waals surface area contributed by atoms with Crippen LogP contribution in [0.3, 0.4) is 0 Å². The summed E-state index contributed by atoms with van der Waals surface area (Å²) in [6.45, 7) is 13.1. The Morgan fingerprint density at radius 3 is 2.53 bits per heavy atom. The van der Waals surface area contributed by atoms with Crippen LogP contribution >= 0.6 is 0 Å². The van der Waals surface area contributed by atoms with Crippen molar-refractivity contribution in [2.75, 3.05) is 59.0 Å². The molecule has 0 spiro atoms. The van der Waals surface area contributed by atoms with Crippen LogP contribution in [0, 0.1) is 5.41 Å². The third-order valence-electron chi connectivity index (χ3n) is 5.18. The molecular formula is C15H29N3O. The van der Waals surface area contributed by atoms with Crippen molar-refractivity contribution in [2.45, 2.75) is 32.2 Å². The fraction of sp³-hybridized carbons (Fsp3) is 1.00. The maximum atomic E-state index is 5.47. The SMILES string of the molecule is CC1(CN2CCN(C3CCOCC3)CC2)CCNC1. The van der Waals surface area contributed by atoms with E-state index in [0.29, 0.717) is 5.41 Å². The standard InChI is InChI=1S/C15H29N3O/c1-15(4-5-16-12-15)13-17-6-8-18(9-7-17)14-2-10-19-11-3-14/h14,16H,2-13H2,1H3. The lowest BCUT2D eigenvalue weighted by Gasteiger charge is -2.42. The summed E-state index contributed by atoms with van der Waals surface area (Å²) in [5.74, 6) is 0.